The van der Waals surface area contributed by atoms with E-state index in [1.165, 1.54) is 12.3 Å². The predicted octanol–water partition coefficient (Wildman–Crippen LogP) is 3.15. The van der Waals surface area contributed by atoms with E-state index in [1.54, 1.807) is 6.07 Å². The highest BCUT2D eigenvalue weighted by Crippen LogP contribution is 2.13. The Labute approximate surface area is 113 Å². The number of carboxylic acid groups (broad SMARTS) is 1. The number of hydrogen-bond acceptors (Lipinski definition) is 3. The summed E-state index contributed by atoms with van der Waals surface area (Å²) in [6.07, 6.45) is 1.34. The summed E-state index contributed by atoms with van der Waals surface area (Å²) in [6, 6.07) is 11.1. The summed E-state index contributed by atoms with van der Waals surface area (Å²) in [5.41, 5.74) is 1.30. The molecule has 1 heterocycles. The molecule has 2 N–H and O–H groups in total. The molecular weight excluding hydrogens is 296 g/mol. The lowest BCUT2D eigenvalue weighted by Crippen LogP contribution is -2.03. The van der Waals surface area contributed by atoms with Crippen molar-refractivity contribution in [1.82, 2.24) is 4.98 Å². The number of anilines is 1. The predicted molar refractivity (Wildman–Crippen MR) is 72.7 cm³/mol. The van der Waals surface area contributed by atoms with Crippen molar-refractivity contribution in [3.8, 4) is 0 Å². The number of aromatic carboxylic acids is 1. The highest BCUT2D eigenvalue weighted by Gasteiger charge is 2.02. The SMILES string of the molecule is O=C(O)c1ccc(NCc2cccc(Br)c2)nc1. The molecule has 0 unspecified atom stereocenters. The Morgan fingerprint density at radius 3 is 2.78 bits per heavy atom. The molecule has 0 spiro atoms. The average molecular weight is 307 g/mol. The maximum absolute atomic E-state index is 10.7. The fourth-order valence-electron chi connectivity index (χ4n) is 1.46. The molecular formula is C13H11BrN2O2. The summed E-state index contributed by atoms with van der Waals surface area (Å²) >= 11 is 3.41. The molecule has 0 radical (unpaired) electrons. The van der Waals surface area contributed by atoms with Gasteiger partial charge in [0.05, 0.1) is 5.56 Å². The molecule has 18 heavy (non-hydrogen) atoms. The van der Waals surface area contributed by atoms with Crippen molar-refractivity contribution in [1.29, 1.82) is 0 Å². The van der Waals surface area contributed by atoms with Gasteiger partial charge >= 0.3 is 5.97 Å². The van der Waals surface area contributed by atoms with Crippen LogP contribution in [0.4, 0.5) is 5.82 Å². The number of benzene rings is 1. The van der Waals surface area contributed by atoms with Crippen LogP contribution in [0.2, 0.25) is 0 Å². The van der Waals surface area contributed by atoms with Crippen LogP contribution in [0.1, 0.15) is 15.9 Å². The molecule has 92 valence electrons. The van der Waals surface area contributed by atoms with Crippen molar-refractivity contribution >= 4 is 27.7 Å². The molecule has 0 saturated carbocycles. The highest BCUT2D eigenvalue weighted by atomic mass is 79.9. The molecule has 4 nitrogen and oxygen atoms in total. The Kier molecular flexibility index (Phi) is 3.94. The summed E-state index contributed by atoms with van der Waals surface area (Å²) in [7, 11) is 0. The minimum atomic E-state index is -0.971. The van der Waals surface area contributed by atoms with Gasteiger partial charge in [-0.15, -0.1) is 0 Å². The molecule has 2 rings (SSSR count). The van der Waals surface area contributed by atoms with Gasteiger partial charge in [0.2, 0.25) is 0 Å². The second-order valence-electron chi connectivity index (χ2n) is 3.72. The molecule has 0 fully saturated rings. The number of nitrogens with zero attached hydrogens (tertiary/aromatic N) is 1. The van der Waals surface area contributed by atoms with Crippen LogP contribution in [0.25, 0.3) is 0 Å². The molecule has 0 aliphatic heterocycles. The molecule has 0 saturated heterocycles. The Morgan fingerprint density at radius 2 is 2.17 bits per heavy atom. The monoisotopic (exact) mass is 306 g/mol. The lowest BCUT2D eigenvalue weighted by molar-refractivity contribution is 0.0696. The van der Waals surface area contributed by atoms with Gasteiger partial charge in [0, 0.05) is 17.2 Å². The number of aromatic nitrogens is 1. The number of carboxylic acids is 1. The Hall–Kier alpha value is -1.88. The van der Waals surface area contributed by atoms with Gasteiger partial charge < -0.3 is 10.4 Å². The van der Waals surface area contributed by atoms with Crippen molar-refractivity contribution in [3.05, 3.63) is 58.2 Å². The van der Waals surface area contributed by atoms with E-state index >= 15 is 0 Å². The highest BCUT2D eigenvalue weighted by molar-refractivity contribution is 9.10. The second-order valence-corrected chi connectivity index (χ2v) is 4.64. The molecule has 0 aliphatic carbocycles. The number of pyridine rings is 1. The Balaban J connectivity index is 2.00. The van der Waals surface area contributed by atoms with Crippen LogP contribution in [0.15, 0.2) is 47.1 Å². The van der Waals surface area contributed by atoms with Gasteiger partial charge in [-0.3, -0.25) is 0 Å². The normalized spacial score (nSPS) is 10.1. The standard InChI is InChI=1S/C13H11BrN2O2/c14-11-3-1-2-9(6-11)7-15-12-5-4-10(8-16-12)13(17)18/h1-6,8H,7H2,(H,15,16)(H,17,18). The molecule has 0 atom stereocenters. The Bertz CT molecular complexity index is 555. The van der Waals surface area contributed by atoms with Crippen LogP contribution in [-0.4, -0.2) is 16.1 Å². The lowest BCUT2D eigenvalue weighted by atomic mass is 10.2. The number of nitrogens with one attached hydrogen (secondary N) is 1. The van der Waals surface area contributed by atoms with Crippen LogP contribution >= 0.6 is 15.9 Å². The van der Waals surface area contributed by atoms with Crippen LogP contribution in [-0.2, 0) is 6.54 Å². The number of halogens is 1. The van der Waals surface area contributed by atoms with Gasteiger partial charge in [-0.2, -0.15) is 0 Å². The van der Waals surface area contributed by atoms with Gasteiger partial charge in [-0.05, 0) is 29.8 Å². The maximum atomic E-state index is 10.7. The smallest absolute Gasteiger partial charge is 0.337 e. The second kappa shape index (κ2) is 5.64. The third-order valence-electron chi connectivity index (χ3n) is 2.37. The third-order valence-corrected chi connectivity index (χ3v) is 2.87. The summed E-state index contributed by atoms with van der Waals surface area (Å²) in [4.78, 5) is 14.7. The lowest BCUT2D eigenvalue weighted by Gasteiger charge is -2.06. The summed E-state index contributed by atoms with van der Waals surface area (Å²) in [6.45, 7) is 0.638. The zero-order valence-corrected chi connectivity index (χ0v) is 11.0. The third kappa shape index (κ3) is 3.30. The van der Waals surface area contributed by atoms with Gasteiger partial charge in [0.15, 0.2) is 0 Å². The van der Waals surface area contributed by atoms with E-state index in [4.69, 9.17) is 5.11 Å². The first-order valence-electron chi connectivity index (χ1n) is 5.33. The van der Waals surface area contributed by atoms with Crippen LogP contribution in [0.5, 0.6) is 0 Å². The number of carbonyl (C=O) groups is 1. The molecule has 2 aromatic rings. The first-order chi connectivity index (χ1) is 8.65. The maximum Gasteiger partial charge on any atom is 0.337 e. The molecule has 0 amide bonds. The fraction of sp³-hybridized carbons (Fsp3) is 0.0769. The fourth-order valence-corrected chi connectivity index (χ4v) is 1.91. The molecule has 1 aromatic heterocycles. The minimum Gasteiger partial charge on any atom is -0.478 e. The van der Waals surface area contributed by atoms with Crippen molar-refractivity contribution in [2.75, 3.05) is 5.32 Å². The van der Waals surface area contributed by atoms with Crippen molar-refractivity contribution < 1.29 is 9.90 Å². The number of rotatable bonds is 4. The van der Waals surface area contributed by atoms with E-state index in [0.29, 0.717) is 12.4 Å². The summed E-state index contributed by atoms with van der Waals surface area (Å²) < 4.78 is 1.02. The summed E-state index contributed by atoms with van der Waals surface area (Å²) in [5, 5.41) is 11.9. The van der Waals surface area contributed by atoms with Gasteiger partial charge in [-0.1, -0.05) is 28.1 Å². The molecule has 1 aromatic carbocycles. The topological polar surface area (TPSA) is 62.2 Å². The largest absolute Gasteiger partial charge is 0.478 e. The first kappa shape index (κ1) is 12.6. The van der Waals surface area contributed by atoms with Crippen LogP contribution in [0, 0.1) is 0 Å². The van der Waals surface area contributed by atoms with Crippen LogP contribution in [0.3, 0.4) is 0 Å². The van der Waals surface area contributed by atoms with Gasteiger partial charge in [0.1, 0.15) is 5.82 Å². The first-order valence-corrected chi connectivity index (χ1v) is 6.12. The quantitative estimate of drug-likeness (QED) is 0.911. The van der Waals surface area contributed by atoms with Crippen LogP contribution < -0.4 is 5.32 Å². The van der Waals surface area contributed by atoms with E-state index in [9.17, 15) is 4.79 Å². The van der Waals surface area contributed by atoms with Gasteiger partial charge in [-0.25, -0.2) is 9.78 Å². The van der Waals surface area contributed by atoms with E-state index < -0.39 is 5.97 Å². The van der Waals surface area contributed by atoms with Crippen molar-refractivity contribution in [2.24, 2.45) is 0 Å². The zero-order chi connectivity index (χ0) is 13.0. The average Bonchev–Trinajstić information content (AvgIpc) is 2.37. The van der Waals surface area contributed by atoms with E-state index in [1.807, 2.05) is 24.3 Å². The van der Waals surface area contributed by atoms with E-state index in [0.717, 1.165) is 10.0 Å². The summed E-state index contributed by atoms with van der Waals surface area (Å²) in [5.74, 6) is -0.319. The minimum absolute atomic E-state index is 0.183. The van der Waals surface area contributed by atoms with E-state index in [2.05, 4.69) is 26.2 Å². The van der Waals surface area contributed by atoms with Gasteiger partial charge in [0.25, 0.3) is 0 Å². The Morgan fingerprint density at radius 1 is 1.33 bits per heavy atom. The molecule has 0 aliphatic rings. The molecule has 5 heteroatoms. The van der Waals surface area contributed by atoms with Crippen molar-refractivity contribution in [2.45, 2.75) is 6.54 Å². The number of hydrogen-bond donors (Lipinski definition) is 2. The molecule has 0 bridgehead atoms. The van der Waals surface area contributed by atoms with Crippen molar-refractivity contribution in [3.63, 3.8) is 0 Å². The zero-order valence-electron chi connectivity index (χ0n) is 9.43. The van der Waals surface area contributed by atoms with E-state index in [-0.39, 0.29) is 5.56 Å².